The van der Waals surface area contributed by atoms with Gasteiger partial charge in [-0.1, -0.05) is 6.07 Å². The number of carboxylic acids is 1. The highest BCUT2D eigenvalue weighted by Crippen LogP contribution is 2.26. The topological polar surface area (TPSA) is 92.5 Å². The van der Waals surface area contributed by atoms with Crippen LogP contribution in [0.2, 0.25) is 0 Å². The number of non-ortho nitro benzene ring substituents is 1. The molecule has 0 spiro atoms. The van der Waals surface area contributed by atoms with E-state index in [4.69, 9.17) is 5.11 Å². The Labute approximate surface area is 121 Å². The average molecular weight is 286 g/mol. The smallest absolute Gasteiger partial charge is 0.335 e. The number of hydrogen-bond donors (Lipinski definition) is 2. The molecule has 0 unspecified atom stereocenters. The zero-order chi connectivity index (χ0) is 15.6. The molecule has 2 rings (SSSR count). The number of anilines is 2. The molecule has 0 aromatic heterocycles. The molecule has 0 fully saturated rings. The molecule has 6 nitrogen and oxygen atoms in total. The average Bonchev–Trinajstić information content (AvgIpc) is 2.40. The van der Waals surface area contributed by atoms with Crippen LogP contribution in [-0.4, -0.2) is 16.0 Å². The van der Waals surface area contributed by atoms with Gasteiger partial charge in [0.15, 0.2) is 0 Å². The van der Waals surface area contributed by atoms with Gasteiger partial charge in [0, 0.05) is 23.5 Å². The molecule has 2 aromatic carbocycles. The van der Waals surface area contributed by atoms with Crippen LogP contribution in [0.3, 0.4) is 0 Å². The highest BCUT2D eigenvalue weighted by Gasteiger charge is 2.10. The zero-order valence-corrected chi connectivity index (χ0v) is 11.6. The van der Waals surface area contributed by atoms with Gasteiger partial charge >= 0.3 is 5.97 Å². The van der Waals surface area contributed by atoms with Crippen LogP contribution in [0.1, 0.15) is 21.5 Å². The molecule has 2 N–H and O–H groups in total. The lowest BCUT2D eigenvalue weighted by atomic mass is 10.1. The van der Waals surface area contributed by atoms with Crippen molar-refractivity contribution in [1.82, 2.24) is 0 Å². The van der Waals surface area contributed by atoms with Crippen molar-refractivity contribution in [1.29, 1.82) is 0 Å². The molecule has 0 heterocycles. The fraction of sp³-hybridized carbons (Fsp3) is 0.133. The minimum Gasteiger partial charge on any atom is -0.478 e. The Morgan fingerprint density at radius 3 is 2.43 bits per heavy atom. The number of nitro groups is 1. The first-order valence-electron chi connectivity index (χ1n) is 6.24. The number of aromatic carboxylic acids is 1. The molecule has 0 aliphatic carbocycles. The first kappa shape index (κ1) is 14.5. The van der Waals surface area contributed by atoms with Gasteiger partial charge in [-0.15, -0.1) is 0 Å². The Morgan fingerprint density at radius 1 is 1.14 bits per heavy atom. The number of nitro benzene ring substituents is 1. The Morgan fingerprint density at radius 2 is 1.86 bits per heavy atom. The van der Waals surface area contributed by atoms with Crippen LogP contribution in [0.15, 0.2) is 36.4 Å². The fourth-order valence-corrected chi connectivity index (χ4v) is 2.00. The maximum Gasteiger partial charge on any atom is 0.335 e. The Hall–Kier alpha value is -2.89. The van der Waals surface area contributed by atoms with E-state index in [0.29, 0.717) is 16.9 Å². The lowest BCUT2D eigenvalue weighted by Gasteiger charge is -2.11. The molecule has 0 amide bonds. The maximum atomic E-state index is 11.0. The van der Waals surface area contributed by atoms with Crippen molar-refractivity contribution in [2.24, 2.45) is 0 Å². The van der Waals surface area contributed by atoms with E-state index in [9.17, 15) is 14.9 Å². The lowest BCUT2D eigenvalue weighted by molar-refractivity contribution is -0.384. The van der Waals surface area contributed by atoms with E-state index >= 15 is 0 Å². The monoisotopic (exact) mass is 286 g/mol. The molecule has 0 aliphatic heterocycles. The van der Waals surface area contributed by atoms with Gasteiger partial charge in [0.1, 0.15) is 0 Å². The van der Waals surface area contributed by atoms with Crippen molar-refractivity contribution >= 4 is 23.0 Å². The third-order valence-electron chi connectivity index (χ3n) is 3.17. The van der Waals surface area contributed by atoms with Crippen LogP contribution >= 0.6 is 0 Å². The van der Waals surface area contributed by atoms with Crippen LogP contribution in [0, 0.1) is 24.0 Å². The number of carboxylic acid groups (broad SMARTS) is 1. The highest BCUT2D eigenvalue weighted by atomic mass is 16.6. The second kappa shape index (κ2) is 5.62. The van der Waals surface area contributed by atoms with E-state index in [2.05, 4.69) is 5.32 Å². The van der Waals surface area contributed by atoms with Gasteiger partial charge in [-0.3, -0.25) is 10.1 Å². The Balaban J connectivity index is 2.34. The van der Waals surface area contributed by atoms with Gasteiger partial charge in [-0.25, -0.2) is 4.79 Å². The van der Waals surface area contributed by atoms with Crippen molar-refractivity contribution in [3.63, 3.8) is 0 Å². The first-order valence-corrected chi connectivity index (χ1v) is 6.24. The molecule has 0 radical (unpaired) electrons. The standard InChI is InChI=1S/C15H14N2O4/c1-9-3-5-12(17(20)21)8-14(9)16-11-4-6-13(15(18)19)10(2)7-11/h3-8,16H,1-2H3,(H,18,19). The normalized spacial score (nSPS) is 10.2. The summed E-state index contributed by atoms with van der Waals surface area (Å²) in [4.78, 5) is 21.3. The molecule has 0 saturated heterocycles. The number of nitrogens with one attached hydrogen (secondary N) is 1. The number of carbonyl (C=O) groups is 1. The van der Waals surface area contributed by atoms with Crippen LogP contribution in [-0.2, 0) is 0 Å². The molecule has 0 bridgehead atoms. The predicted octanol–water partition coefficient (Wildman–Crippen LogP) is 3.65. The molecule has 6 heteroatoms. The molecule has 2 aromatic rings. The third kappa shape index (κ3) is 3.17. The summed E-state index contributed by atoms with van der Waals surface area (Å²) in [5, 5.41) is 22.9. The largest absolute Gasteiger partial charge is 0.478 e. The van der Waals surface area contributed by atoms with Crippen LogP contribution in [0.25, 0.3) is 0 Å². The SMILES string of the molecule is Cc1ccc([N+](=O)[O-])cc1Nc1ccc(C(=O)O)c(C)c1. The summed E-state index contributed by atoms with van der Waals surface area (Å²) in [5.41, 5.74) is 3.02. The number of nitrogens with zero attached hydrogens (tertiary/aromatic N) is 1. The summed E-state index contributed by atoms with van der Waals surface area (Å²) >= 11 is 0. The molecule has 108 valence electrons. The van der Waals surface area contributed by atoms with Crippen molar-refractivity contribution in [3.05, 3.63) is 63.2 Å². The van der Waals surface area contributed by atoms with E-state index in [0.717, 1.165) is 5.56 Å². The quantitative estimate of drug-likeness (QED) is 0.661. The van der Waals surface area contributed by atoms with Crippen LogP contribution < -0.4 is 5.32 Å². The van der Waals surface area contributed by atoms with Crippen molar-refractivity contribution in [2.45, 2.75) is 13.8 Å². The van der Waals surface area contributed by atoms with E-state index in [1.165, 1.54) is 18.2 Å². The Bertz CT molecular complexity index is 726. The van der Waals surface area contributed by atoms with E-state index < -0.39 is 10.9 Å². The summed E-state index contributed by atoms with van der Waals surface area (Å²) in [6, 6.07) is 9.40. The molecule has 0 atom stereocenters. The van der Waals surface area contributed by atoms with Gasteiger partial charge in [0.2, 0.25) is 0 Å². The Kier molecular flexibility index (Phi) is 3.89. The number of rotatable bonds is 4. The van der Waals surface area contributed by atoms with Crippen molar-refractivity contribution in [3.8, 4) is 0 Å². The molecule has 21 heavy (non-hydrogen) atoms. The third-order valence-corrected chi connectivity index (χ3v) is 3.17. The van der Waals surface area contributed by atoms with Gasteiger partial charge in [-0.2, -0.15) is 0 Å². The highest BCUT2D eigenvalue weighted by molar-refractivity contribution is 5.90. The number of benzene rings is 2. The second-order valence-corrected chi connectivity index (χ2v) is 4.72. The summed E-state index contributed by atoms with van der Waals surface area (Å²) in [6.45, 7) is 3.54. The summed E-state index contributed by atoms with van der Waals surface area (Å²) in [5.74, 6) is -0.981. The second-order valence-electron chi connectivity index (χ2n) is 4.72. The van der Waals surface area contributed by atoms with Crippen molar-refractivity contribution < 1.29 is 14.8 Å². The van der Waals surface area contributed by atoms with Crippen LogP contribution in [0.4, 0.5) is 17.1 Å². The van der Waals surface area contributed by atoms with Crippen molar-refractivity contribution in [2.75, 3.05) is 5.32 Å². The molecule has 0 aliphatic rings. The van der Waals surface area contributed by atoms with E-state index in [1.54, 1.807) is 25.1 Å². The number of aryl methyl sites for hydroxylation is 2. The predicted molar refractivity (Wildman–Crippen MR) is 79.3 cm³/mol. The van der Waals surface area contributed by atoms with E-state index in [-0.39, 0.29) is 11.3 Å². The fourth-order valence-electron chi connectivity index (χ4n) is 2.00. The van der Waals surface area contributed by atoms with Gasteiger partial charge < -0.3 is 10.4 Å². The van der Waals surface area contributed by atoms with Gasteiger partial charge in [0.05, 0.1) is 10.5 Å². The summed E-state index contributed by atoms with van der Waals surface area (Å²) in [7, 11) is 0. The maximum absolute atomic E-state index is 11.0. The van der Waals surface area contributed by atoms with Gasteiger partial charge in [0.25, 0.3) is 5.69 Å². The lowest BCUT2D eigenvalue weighted by Crippen LogP contribution is -2.01. The minimum absolute atomic E-state index is 0.00183. The summed E-state index contributed by atoms with van der Waals surface area (Å²) in [6.07, 6.45) is 0. The zero-order valence-electron chi connectivity index (χ0n) is 11.6. The number of hydrogen-bond acceptors (Lipinski definition) is 4. The van der Waals surface area contributed by atoms with Crippen LogP contribution in [0.5, 0.6) is 0 Å². The minimum atomic E-state index is -0.981. The molecular weight excluding hydrogens is 272 g/mol. The van der Waals surface area contributed by atoms with E-state index in [1.807, 2.05) is 6.92 Å². The first-order chi connectivity index (χ1) is 9.88. The molecule has 0 saturated carbocycles. The molecular formula is C15H14N2O4. The van der Waals surface area contributed by atoms with Gasteiger partial charge in [-0.05, 0) is 43.2 Å². The summed E-state index contributed by atoms with van der Waals surface area (Å²) < 4.78 is 0.